The summed E-state index contributed by atoms with van der Waals surface area (Å²) in [6.07, 6.45) is 12.5. The monoisotopic (exact) mass is 370 g/mol. The fraction of sp³-hybridized carbons (Fsp3) is 0.857. The molecule has 0 heterocycles. The number of hydrogen-bond acceptors (Lipinski definition) is 4. The number of carboxylic acids is 1. The van der Waals surface area contributed by atoms with Crippen molar-refractivity contribution in [3.05, 3.63) is 0 Å². The minimum atomic E-state index is -1.07. The summed E-state index contributed by atoms with van der Waals surface area (Å²) in [5.74, 6) is -1.83. The molecule has 0 saturated carbocycles. The molecule has 0 aliphatic carbocycles. The summed E-state index contributed by atoms with van der Waals surface area (Å²) in [4.78, 5) is 33.5. The fourth-order valence-corrected chi connectivity index (χ4v) is 2.94. The zero-order chi connectivity index (χ0) is 19.8. The molecule has 0 aromatic carbocycles. The van der Waals surface area contributed by atoms with Crippen molar-refractivity contribution in [1.29, 1.82) is 0 Å². The van der Waals surface area contributed by atoms with E-state index in [9.17, 15) is 14.4 Å². The van der Waals surface area contributed by atoms with E-state index >= 15 is 0 Å². The topological polar surface area (TPSA) is 80.7 Å². The Labute approximate surface area is 158 Å². The van der Waals surface area contributed by atoms with Crippen molar-refractivity contribution in [3.63, 3.8) is 0 Å². The minimum absolute atomic E-state index is 0.259. The lowest BCUT2D eigenvalue weighted by Crippen LogP contribution is -2.19. The number of carboxylic acid groups (broad SMARTS) is 1. The second kappa shape index (κ2) is 15.8. The molecule has 0 bridgehead atoms. The average Bonchev–Trinajstić information content (AvgIpc) is 2.59. The molecule has 2 unspecified atom stereocenters. The van der Waals surface area contributed by atoms with E-state index in [0.29, 0.717) is 6.42 Å². The third-order valence-electron chi connectivity index (χ3n) is 4.79. The normalized spacial score (nSPS) is 13.2. The largest absolute Gasteiger partial charge is 0.481 e. The fourth-order valence-electron chi connectivity index (χ4n) is 2.94. The second-order valence-corrected chi connectivity index (χ2v) is 7.53. The second-order valence-electron chi connectivity index (χ2n) is 7.53. The van der Waals surface area contributed by atoms with Crippen LogP contribution in [0.1, 0.15) is 104 Å². The molecule has 0 aliphatic heterocycles. The molecule has 0 aromatic heterocycles. The summed E-state index contributed by atoms with van der Waals surface area (Å²) in [5.41, 5.74) is 0. The first-order chi connectivity index (χ1) is 12.4. The number of carbonyl (C=O) groups excluding carboxylic acids is 2. The molecule has 1 N–H and O–H groups in total. The highest BCUT2D eigenvalue weighted by Crippen LogP contribution is 2.18. The quantitative estimate of drug-likeness (QED) is 0.220. The summed E-state index contributed by atoms with van der Waals surface area (Å²) < 4.78 is 4.68. The lowest BCUT2D eigenvalue weighted by molar-refractivity contribution is -0.163. The van der Waals surface area contributed by atoms with Gasteiger partial charge in [-0.2, -0.15) is 0 Å². The summed E-state index contributed by atoms with van der Waals surface area (Å²) in [5, 5.41) is 8.49. The van der Waals surface area contributed by atoms with Gasteiger partial charge < -0.3 is 9.84 Å². The maximum Gasteiger partial charge on any atom is 0.316 e. The lowest BCUT2D eigenvalue weighted by atomic mass is 9.96. The first-order valence-corrected chi connectivity index (χ1v) is 10.3. The number of rotatable bonds is 16. The summed E-state index contributed by atoms with van der Waals surface area (Å²) in [7, 11) is 0. The van der Waals surface area contributed by atoms with Crippen LogP contribution >= 0.6 is 0 Å². The molecule has 0 aromatic rings. The van der Waals surface area contributed by atoms with Crippen LogP contribution in [0.5, 0.6) is 0 Å². The zero-order valence-corrected chi connectivity index (χ0v) is 16.9. The Morgan fingerprint density at radius 2 is 1.35 bits per heavy atom. The van der Waals surface area contributed by atoms with Crippen molar-refractivity contribution >= 4 is 17.9 Å². The van der Waals surface area contributed by atoms with E-state index in [1.807, 2.05) is 0 Å². The zero-order valence-electron chi connectivity index (χ0n) is 16.9. The molecule has 0 fully saturated rings. The van der Waals surface area contributed by atoms with Crippen LogP contribution in [-0.2, 0) is 19.1 Å². The molecule has 0 radical (unpaired) electrons. The maximum atomic E-state index is 11.8. The lowest BCUT2D eigenvalue weighted by Gasteiger charge is -2.11. The highest BCUT2D eigenvalue weighted by Gasteiger charge is 2.18. The van der Waals surface area contributed by atoms with Gasteiger partial charge in [0.25, 0.3) is 0 Å². The van der Waals surface area contributed by atoms with Crippen LogP contribution in [0.4, 0.5) is 0 Å². The maximum absolute atomic E-state index is 11.8. The molecule has 0 aliphatic rings. The third-order valence-corrected chi connectivity index (χ3v) is 4.79. The van der Waals surface area contributed by atoms with Gasteiger partial charge in [0.1, 0.15) is 0 Å². The Bertz CT molecular complexity index is 405. The third kappa shape index (κ3) is 14.9. The number of aliphatic carboxylic acids is 1. The SMILES string of the molecule is CCCCC(C)CCCCCCCCC(C)C(=O)OC(=O)CCC(=O)O. The number of ether oxygens (including phenoxy) is 1. The average molecular weight is 371 g/mol. The Kier molecular flexibility index (Phi) is 15.0. The molecule has 5 heteroatoms. The first-order valence-electron chi connectivity index (χ1n) is 10.3. The van der Waals surface area contributed by atoms with Crippen LogP contribution in [-0.4, -0.2) is 23.0 Å². The number of unbranched alkanes of at least 4 members (excludes halogenated alkanes) is 6. The van der Waals surface area contributed by atoms with E-state index in [4.69, 9.17) is 5.11 Å². The summed E-state index contributed by atoms with van der Waals surface area (Å²) >= 11 is 0. The Morgan fingerprint density at radius 1 is 0.808 bits per heavy atom. The van der Waals surface area contributed by atoms with Gasteiger partial charge in [-0.15, -0.1) is 0 Å². The molecule has 152 valence electrons. The minimum Gasteiger partial charge on any atom is -0.481 e. The van der Waals surface area contributed by atoms with Gasteiger partial charge in [-0.25, -0.2) is 0 Å². The Balaban J connectivity index is 3.58. The van der Waals surface area contributed by atoms with Gasteiger partial charge in [-0.1, -0.05) is 85.0 Å². The highest BCUT2D eigenvalue weighted by atomic mass is 16.6. The predicted octanol–water partition coefficient (Wildman–Crippen LogP) is 5.50. The summed E-state index contributed by atoms with van der Waals surface area (Å²) in [6.45, 7) is 6.34. The molecule has 26 heavy (non-hydrogen) atoms. The van der Waals surface area contributed by atoms with Crippen molar-refractivity contribution < 1.29 is 24.2 Å². The predicted molar refractivity (Wildman–Crippen MR) is 103 cm³/mol. The van der Waals surface area contributed by atoms with Crippen LogP contribution in [0.3, 0.4) is 0 Å². The summed E-state index contributed by atoms with van der Waals surface area (Å²) in [6, 6.07) is 0. The Hall–Kier alpha value is -1.39. The van der Waals surface area contributed by atoms with E-state index in [-0.39, 0.29) is 18.8 Å². The van der Waals surface area contributed by atoms with Crippen LogP contribution in [0, 0.1) is 11.8 Å². The van der Waals surface area contributed by atoms with Gasteiger partial charge in [0.15, 0.2) is 0 Å². The van der Waals surface area contributed by atoms with Gasteiger partial charge in [0, 0.05) is 0 Å². The smallest absolute Gasteiger partial charge is 0.316 e. The van der Waals surface area contributed by atoms with E-state index in [2.05, 4.69) is 18.6 Å². The molecule has 0 rings (SSSR count). The van der Waals surface area contributed by atoms with Crippen LogP contribution in [0.2, 0.25) is 0 Å². The van der Waals surface area contributed by atoms with Crippen molar-refractivity contribution in [1.82, 2.24) is 0 Å². The van der Waals surface area contributed by atoms with Crippen molar-refractivity contribution in [2.24, 2.45) is 11.8 Å². The number of esters is 2. The molecule has 0 amide bonds. The standard InChI is InChI=1S/C21H38O5/c1-4-5-12-17(2)13-10-8-6-7-9-11-14-18(3)21(25)26-20(24)16-15-19(22)23/h17-18H,4-16H2,1-3H3,(H,22,23). The van der Waals surface area contributed by atoms with Crippen LogP contribution in [0.15, 0.2) is 0 Å². The molecule has 0 spiro atoms. The van der Waals surface area contributed by atoms with Crippen LogP contribution < -0.4 is 0 Å². The molecule has 5 nitrogen and oxygen atoms in total. The number of hydrogen-bond donors (Lipinski definition) is 1. The van der Waals surface area contributed by atoms with Crippen molar-refractivity contribution in [2.75, 3.05) is 0 Å². The van der Waals surface area contributed by atoms with E-state index < -0.39 is 17.9 Å². The first kappa shape index (κ1) is 24.6. The molecule has 2 atom stereocenters. The van der Waals surface area contributed by atoms with Crippen LogP contribution in [0.25, 0.3) is 0 Å². The van der Waals surface area contributed by atoms with Gasteiger partial charge >= 0.3 is 17.9 Å². The van der Waals surface area contributed by atoms with Gasteiger partial charge in [0.2, 0.25) is 0 Å². The van der Waals surface area contributed by atoms with Gasteiger partial charge in [0.05, 0.1) is 18.8 Å². The Morgan fingerprint density at radius 3 is 1.92 bits per heavy atom. The van der Waals surface area contributed by atoms with E-state index in [1.54, 1.807) is 6.92 Å². The molecular formula is C21H38O5. The van der Waals surface area contributed by atoms with E-state index in [0.717, 1.165) is 18.8 Å². The van der Waals surface area contributed by atoms with E-state index in [1.165, 1.54) is 51.4 Å². The molecule has 0 saturated heterocycles. The highest BCUT2D eigenvalue weighted by molar-refractivity contribution is 5.87. The number of carbonyl (C=O) groups is 3. The van der Waals surface area contributed by atoms with Gasteiger partial charge in [-0.05, 0) is 12.3 Å². The van der Waals surface area contributed by atoms with Gasteiger partial charge in [-0.3, -0.25) is 14.4 Å². The van der Waals surface area contributed by atoms with Crippen molar-refractivity contribution in [2.45, 2.75) is 104 Å². The van der Waals surface area contributed by atoms with Crippen molar-refractivity contribution in [3.8, 4) is 0 Å². The molecular weight excluding hydrogens is 332 g/mol.